The van der Waals surface area contributed by atoms with E-state index in [1.807, 2.05) is 0 Å². The first-order valence-electron chi connectivity index (χ1n) is 4.32. The van der Waals surface area contributed by atoms with Crippen LogP contribution in [-0.2, 0) is 4.74 Å². The summed E-state index contributed by atoms with van der Waals surface area (Å²) in [7, 11) is 0. The number of aliphatic hydroxyl groups is 1. The fourth-order valence-corrected chi connectivity index (χ4v) is 1.70. The average Bonchev–Trinajstić information content (AvgIpc) is 2.15. The van der Waals surface area contributed by atoms with Gasteiger partial charge in [0.05, 0.1) is 19.0 Å². The van der Waals surface area contributed by atoms with Gasteiger partial charge in [0.1, 0.15) is 0 Å². The van der Waals surface area contributed by atoms with Gasteiger partial charge < -0.3 is 9.84 Å². The van der Waals surface area contributed by atoms with Crippen LogP contribution >= 0.6 is 11.8 Å². The molecule has 12 heavy (non-hydrogen) atoms. The Kier molecular flexibility index (Phi) is 4.54. The summed E-state index contributed by atoms with van der Waals surface area (Å²) in [6, 6.07) is 0. The highest BCUT2D eigenvalue weighted by Crippen LogP contribution is 2.18. The summed E-state index contributed by atoms with van der Waals surface area (Å²) in [6.07, 6.45) is 6.39. The lowest BCUT2D eigenvalue weighted by molar-refractivity contribution is 0.167. The van der Waals surface area contributed by atoms with Crippen LogP contribution in [0.2, 0.25) is 0 Å². The van der Waals surface area contributed by atoms with E-state index in [1.54, 1.807) is 18.0 Å². The van der Waals surface area contributed by atoms with Crippen molar-refractivity contribution in [3.63, 3.8) is 0 Å². The molecular formula is C9H16O2S. The second kappa shape index (κ2) is 5.49. The molecule has 0 radical (unpaired) electrons. The maximum Gasteiger partial charge on any atom is 0.0876 e. The van der Waals surface area contributed by atoms with Crippen molar-refractivity contribution in [2.24, 2.45) is 0 Å². The average molecular weight is 188 g/mol. The molecule has 3 heteroatoms. The van der Waals surface area contributed by atoms with E-state index in [4.69, 9.17) is 4.74 Å². The summed E-state index contributed by atoms with van der Waals surface area (Å²) >= 11 is 1.77. The van der Waals surface area contributed by atoms with Gasteiger partial charge in [0.15, 0.2) is 0 Å². The van der Waals surface area contributed by atoms with Crippen LogP contribution in [0.1, 0.15) is 19.3 Å². The Hall–Kier alpha value is -0.150. The third-order valence-corrected chi connectivity index (χ3v) is 2.63. The fourth-order valence-electron chi connectivity index (χ4n) is 1.24. The molecule has 0 aliphatic carbocycles. The van der Waals surface area contributed by atoms with Gasteiger partial charge in [0.2, 0.25) is 0 Å². The van der Waals surface area contributed by atoms with E-state index < -0.39 is 0 Å². The van der Waals surface area contributed by atoms with Gasteiger partial charge in [-0.05, 0) is 36.8 Å². The van der Waals surface area contributed by atoms with Gasteiger partial charge in [-0.1, -0.05) is 0 Å². The minimum absolute atomic E-state index is 0.280. The van der Waals surface area contributed by atoms with Crippen LogP contribution in [-0.4, -0.2) is 29.8 Å². The first kappa shape index (κ1) is 9.93. The van der Waals surface area contributed by atoms with Crippen molar-refractivity contribution in [1.82, 2.24) is 0 Å². The lowest BCUT2D eigenvalue weighted by atomic mass is 10.0. The number of rotatable bonds is 4. The van der Waals surface area contributed by atoms with E-state index in [0.29, 0.717) is 0 Å². The Labute approximate surface area is 78.0 Å². The lowest BCUT2D eigenvalue weighted by Crippen LogP contribution is -2.15. The van der Waals surface area contributed by atoms with Gasteiger partial charge in [0, 0.05) is 0 Å². The van der Waals surface area contributed by atoms with Crippen LogP contribution < -0.4 is 0 Å². The quantitative estimate of drug-likeness (QED) is 0.729. The second-order valence-electron chi connectivity index (χ2n) is 2.96. The monoisotopic (exact) mass is 188 g/mol. The van der Waals surface area contributed by atoms with Crippen LogP contribution in [0.5, 0.6) is 0 Å². The number of aliphatic hydroxyl groups excluding tert-OH is 1. The highest BCUT2D eigenvalue weighted by Gasteiger charge is 2.13. The lowest BCUT2D eigenvalue weighted by Gasteiger charge is -2.18. The third kappa shape index (κ3) is 3.07. The number of ether oxygens (including phenoxy) is 1. The summed E-state index contributed by atoms with van der Waals surface area (Å²) in [6.45, 7) is 0.804. The Balaban J connectivity index is 2.29. The third-order valence-electron chi connectivity index (χ3n) is 1.99. The molecule has 0 saturated carbocycles. The molecule has 1 heterocycles. The van der Waals surface area contributed by atoms with E-state index in [-0.39, 0.29) is 6.10 Å². The molecule has 1 aliphatic heterocycles. The summed E-state index contributed by atoms with van der Waals surface area (Å²) in [5.41, 5.74) is 1.07. The second-order valence-corrected chi connectivity index (χ2v) is 3.95. The first-order chi connectivity index (χ1) is 5.84. The van der Waals surface area contributed by atoms with Crippen molar-refractivity contribution in [2.75, 3.05) is 18.6 Å². The molecule has 0 fully saturated rings. The Bertz CT molecular complexity index is 157. The van der Waals surface area contributed by atoms with Crippen LogP contribution in [0.3, 0.4) is 0 Å². The van der Waals surface area contributed by atoms with Crippen LogP contribution in [0.25, 0.3) is 0 Å². The molecule has 0 amide bonds. The van der Waals surface area contributed by atoms with Gasteiger partial charge in [-0.15, -0.1) is 0 Å². The molecule has 0 bridgehead atoms. The molecule has 1 aliphatic rings. The largest absolute Gasteiger partial charge is 0.501 e. The summed E-state index contributed by atoms with van der Waals surface area (Å²) in [5.74, 6) is 1.01. The summed E-state index contributed by atoms with van der Waals surface area (Å²) < 4.78 is 5.15. The molecule has 1 atom stereocenters. The van der Waals surface area contributed by atoms with Crippen LogP contribution in [0, 0.1) is 0 Å². The molecule has 0 aromatic rings. The van der Waals surface area contributed by atoms with Crippen molar-refractivity contribution >= 4 is 11.8 Å². The standard InChI is InChI=1S/C9H16O2S/c1-12-6-4-9(10)8-3-2-5-11-7-8/h7,9-10H,2-6H2,1H3. The topological polar surface area (TPSA) is 29.5 Å². The Morgan fingerprint density at radius 3 is 3.17 bits per heavy atom. The van der Waals surface area contributed by atoms with Crippen molar-refractivity contribution < 1.29 is 9.84 Å². The zero-order chi connectivity index (χ0) is 8.81. The van der Waals surface area contributed by atoms with Crippen molar-refractivity contribution in [3.8, 4) is 0 Å². The molecule has 0 aromatic heterocycles. The van der Waals surface area contributed by atoms with Gasteiger partial charge in [-0.3, -0.25) is 0 Å². The van der Waals surface area contributed by atoms with Gasteiger partial charge in [-0.2, -0.15) is 11.8 Å². The normalized spacial score (nSPS) is 19.7. The van der Waals surface area contributed by atoms with E-state index in [0.717, 1.165) is 37.2 Å². The van der Waals surface area contributed by atoms with Crippen molar-refractivity contribution in [1.29, 1.82) is 0 Å². The zero-order valence-corrected chi connectivity index (χ0v) is 8.27. The van der Waals surface area contributed by atoms with Gasteiger partial charge in [-0.25, -0.2) is 0 Å². The Morgan fingerprint density at radius 2 is 2.58 bits per heavy atom. The summed E-state index contributed by atoms with van der Waals surface area (Å²) in [4.78, 5) is 0. The Morgan fingerprint density at radius 1 is 1.75 bits per heavy atom. The highest BCUT2D eigenvalue weighted by molar-refractivity contribution is 7.98. The molecule has 0 saturated heterocycles. The SMILES string of the molecule is CSCCC(O)C1=COCCC1. The van der Waals surface area contributed by atoms with E-state index in [2.05, 4.69) is 6.26 Å². The fraction of sp³-hybridized carbons (Fsp3) is 0.778. The minimum atomic E-state index is -0.280. The molecule has 0 aromatic carbocycles. The molecular weight excluding hydrogens is 172 g/mol. The van der Waals surface area contributed by atoms with Crippen molar-refractivity contribution in [3.05, 3.63) is 11.8 Å². The van der Waals surface area contributed by atoms with Crippen LogP contribution in [0.15, 0.2) is 11.8 Å². The summed E-state index contributed by atoms with van der Waals surface area (Å²) in [5, 5.41) is 9.64. The zero-order valence-electron chi connectivity index (χ0n) is 7.45. The maximum atomic E-state index is 9.64. The number of hydrogen-bond acceptors (Lipinski definition) is 3. The predicted molar refractivity (Wildman–Crippen MR) is 52.3 cm³/mol. The van der Waals surface area contributed by atoms with Gasteiger partial charge >= 0.3 is 0 Å². The first-order valence-corrected chi connectivity index (χ1v) is 5.71. The van der Waals surface area contributed by atoms with Crippen molar-refractivity contribution in [2.45, 2.75) is 25.4 Å². The molecule has 1 unspecified atom stereocenters. The molecule has 70 valence electrons. The van der Waals surface area contributed by atoms with E-state index in [1.165, 1.54) is 0 Å². The van der Waals surface area contributed by atoms with Crippen LogP contribution in [0.4, 0.5) is 0 Å². The maximum absolute atomic E-state index is 9.64. The number of hydrogen-bond donors (Lipinski definition) is 1. The van der Waals surface area contributed by atoms with E-state index in [9.17, 15) is 5.11 Å². The molecule has 0 spiro atoms. The predicted octanol–water partition coefficient (Wildman–Crippen LogP) is 1.79. The molecule has 1 N–H and O–H groups in total. The number of thioether (sulfide) groups is 1. The smallest absolute Gasteiger partial charge is 0.0876 e. The molecule has 1 rings (SSSR count). The molecule has 2 nitrogen and oxygen atoms in total. The highest BCUT2D eigenvalue weighted by atomic mass is 32.2. The van der Waals surface area contributed by atoms with E-state index >= 15 is 0 Å². The minimum Gasteiger partial charge on any atom is -0.501 e. The van der Waals surface area contributed by atoms with Gasteiger partial charge in [0.25, 0.3) is 0 Å².